The molecule has 7 heteroatoms. The summed E-state index contributed by atoms with van der Waals surface area (Å²) in [6, 6.07) is 5.75. The first-order chi connectivity index (χ1) is 12.7. The van der Waals surface area contributed by atoms with E-state index in [1.54, 1.807) is 29.2 Å². The molecule has 0 atom stereocenters. The average molecular weight is 368 g/mol. The van der Waals surface area contributed by atoms with Gasteiger partial charge in [0.15, 0.2) is 0 Å². The van der Waals surface area contributed by atoms with Crippen LogP contribution in [0.25, 0.3) is 21.5 Å². The number of rotatable bonds is 4. The molecule has 0 aliphatic heterocycles. The topological polar surface area (TPSA) is 88.0 Å². The third kappa shape index (κ3) is 3.59. The number of amides is 1. The molecule has 134 valence electrons. The summed E-state index contributed by atoms with van der Waals surface area (Å²) in [6.07, 6.45) is 6.97. The van der Waals surface area contributed by atoms with Crippen molar-refractivity contribution in [2.75, 3.05) is 11.9 Å². The highest BCUT2D eigenvalue weighted by atomic mass is 32.1. The van der Waals surface area contributed by atoms with Gasteiger partial charge in [-0.2, -0.15) is 0 Å². The van der Waals surface area contributed by atoms with E-state index in [1.807, 2.05) is 18.2 Å². The Balaban J connectivity index is 1.50. The Labute approximate surface area is 155 Å². The lowest BCUT2D eigenvalue weighted by atomic mass is 9.82. The summed E-state index contributed by atoms with van der Waals surface area (Å²) in [6.45, 7) is 0.217. The molecular formula is C19H20N4O2S. The predicted octanol–water partition coefficient (Wildman–Crippen LogP) is 3.49. The standard InChI is InChI=1S/C19H20N4O2S/c24-10-12-1-3-13(4-2-12)19(25)23-18-7-16-14(8-21-18)5-6-15(22-16)17-9-20-11-26-17/h5-9,11-13,24H,1-4,10H2,(H,21,23,25)/t12-,13-. The summed E-state index contributed by atoms with van der Waals surface area (Å²) in [5.74, 6) is 0.867. The normalized spacial score (nSPS) is 20.2. The SMILES string of the molecule is O=C(Nc1cc2nc(-c3cncs3)ccc2cn1)[C@H]1CC[C@H](CO)CC1. The Hall–Kier alpha value is -2.38. The fraction of sp³-hybridized carbons (Fsp3) is 0.368. The van der Waals surface area contributed by atoms with Crippen LogP contribution in [0.5, 0.6) is 0 Å². The van der Waals surface area contributed by atoms with Crippen molar-refractivity contribution in [1.29, 1.82) is 0 Å². The monoisotopic (exact) mass is 368 g/mol. The average Bonchev–Trinajstić information content (AvgIpc) is 3.22. The van der Waals surface area contributed by atoms with Gasteiger partial charge < -0.3 is 10.4 Å². The van der Waals surface area contributed by atoms with Gasteiger partial charge in [-0.1, -0.05) is 0 Å². The number of thiazole rings is 1. The molecule has 26 heavy (non-hydrogen) atoms. The first-order valence-corrected chi connectivity index (χ1v) is 9.68. The molecule has 1 saturated carbocycles. The molecule has 2 N–H and O–H groups in total. The molecule has 6 nitrogen and oxygen atoms in total. The zero-order valence-electron chi connectivity index (χ0n) is 14.3. The molecule has 3 aromatic rings. The maximum Gasteiger partial charge on any atom is 0.228 e. The van der Waals surface area contributed by atoms with E-state index in [-0.39, 0.29) is 18.4 Å². The fourth-order valence-corrected chi connectivity index (χ4v) is 3.99. The van der Waals surface area contributed by atoms with Gasteiger partial charge in [0.2, 0.25) is 5.91 Å². The molecule has 0 radical (unpaired) electrons. The van der Waals surface area contributed by atoms with Crippen LogP contribution in [0.2, 0.25) is 0 Å². The van der Waals surface area contributed by atoms with Gasteiger partial charge in [0.05, 0.1) is 21.6 Å². The van der Waals surface area contributed by atoms with Crippen molar-refractivity contribution in [2.24, 2.45) is 11.8 Å². The van der Waals surface area contributed by atoms with Crippen LogP contribution in [-0.2, 0) is 4.79 Å². The second-order valence-electron chi connectivity index (χ2n) is 6.71. The number of hydrogen-bond acceptors (Lipinski definition) is 6. The number of pyridine rings is 2. The molecule has 0 bridgehead atoms. The summed E-state index contributed by atoms with van der Waals surface area (Å²) in [5, 5.41) is 13.1. The van der Waals surface area contributed by atoms with E-state index in [0.717, 1.165) is 47.2 Å². The van der Waals surface area contributed by atoms with Crippen LogP contribution in [0, 0.1) is 11.8 Å². The number of anilines is 1. The second kappa shape index (κ2) is 7.47. The van der Waals surface area contributed by atoms with E-state index in [0.29, 0.717) is 11.7 Å². The number of nitrogens with one attached hydrogen (secondary N) is 1. The van der Waals surface area contributed by atoms with Gasteiger partial charge in [-0.15, -0.1) is 11.3 Å². The van der Waals surface area contributed by atoms with Gasteiger partial charge in [0.25, 0.3) is 0 Å². The third-order valence-corrected chi connectivity index (χ3v) is 5.78. The van der Waals surface area contributed by atoms with Gasteiger partial charge in [0.1, 0.15) is 5.82 Å². The minimum Gasteiger partial charge on any atom is -0.396 e. The van der Waals surface area contributed by atoms with Crippen LogP contribution in [0.4, 0.5) is 5.82 Å². The Morgan fingerprint density at radius 3 is 2.81 bits per heavy atom. The molecule has 0 unspecified atom stereocenters. The van der Waals surface area contributed by atoms with Crippen molar-refractivity contribution < 1.29 is 9.90 Å². The van der Waals surface area contributed by atoms with Gasteiger partial charge >= 0.3 is 0 Å². The molecule has 1 aliphatic rings. The number of aromatic nitrogens is 3. The van der Waals surface area contributed by atoms with Crippen LogP contribution < -0.4 is 5.32 Å². The summed E-state index contributed by atoms with van der Waals surface area (Å²) < 4.78 is 0. The Morgan fingerprint density at radius 1 is 1.23 bits per heavy atom. The molecule has 1 aliphatic carbocycles. The molecule has 3 aromatic heterocycles. The zero-order valence-corrected chi connectivity index (χ0v) is 15.1. The smallest absolute Gasteiger partial charge is 0.228 e. The minimum atomic E-state index is -0.00761. The summed E-state index contributed by atoms with van der Waals surface area (Å²) in [4.78, 5) is 26.6. The van der Waals surface area contributed by atoms with Crippen molar-refractivity contribution >= 4 is 34.0 Å². The molecule has 1 amide bonds. The van der Waals surface area contributed by atoms with Crippen molar-refractivity contribution in [1.82, 2.24) is 15.0 Å². The third-order valence-electron chi connectivity index (χ3n) is 4.99. The molecule has 4 rings (SSSR count). The summed E-state index contributed by atoms with van der Waals surface area (Å²) >= 11 is 1.54. The van der Waals surface area contributed by atoms with Gasteiger partial charge in [-0.05, 0) is 43.7 Å². The minimum absolute atomic E-state index is 0.00634. The van der Waals surface area contributed by atoms with Crippen molar-refractivity contribution in [3.8, 4) is 10.6 Å². The first kappa shape index (κ1) is 17.1. The zero-order chi connectivity index (χ0) is 17.9. The number of fused-ring (bicyclic) bond motifs is 1. The molecule has 0 aromatic carbocycles. The lowest BCUT2D eigenvalue weighted by Gasteiger charge is -2.26. The van der Waals surface area contributed by atoms with Crippen LogP contribution in [0.15, 0.2) is 36.1 Å². The number of nitrogens with zero attached hydrogens (tertiary/aromatic N) is 3. The van der Waals surface area contributed by atoms with E-state index in [4.69, 9.17) is 0 Å². The van der Waals surface area contributed by atoms with E-state index in [9.17, 15) is 9.90 Å². The predicted molar refractivity (Wildman–Crippen MR) is 102 cm³/mol. The van der Waals surface area contributed by atoms with Crippen LogP contribution in [0.3, 0.4) is 0 Å². The summed E-state index contributed by atoms with van der Waals surface area (Å²) in [7, 11) is 0. The van der Waals surface area contributed by atoms with E-state index >= 15 is 0 Å². The lowest BCUT2D eigenvalue weighted by Crippen LogP contribution is -2.28. The van der Waals surface area contributed by atoms with Gasteiger partial charge in [-0.25, -0.2) is 9.97 Å². The highest BCUT2D eigenvalue weighted by molar-refractivity contribution is 7.13. The lowest BCUT2D eigenvalue weighted by molar-refractivity contribution is -0.121. The Kier molecular flexibility index (Phi) is 4.90. The molecule has 1 fully saturated rings. The van der Waals surface area contributed by atoms with E-state index in [2.05, 4.69) is 20.3 Å². The number of aliphatic hydroxyl groups excluding tert-OH is 1. The number of carbonyl (C=O) groups is 1. The van der Waals surface area contributed by atoms with Crippen molar-refractivity contribution in [3.05, 3.63) is 36.1 Å². The number of carbonyl (C=O) groups excluding carboxylic acids is 1. The maximum atomic E-state index is 12.5. The molecule has 0 saturated heterocycles. The fourth-order valence-electron chi connectivity index (χ4n) is 3.40. The maximum absolute atomic E-state index is 12.5. The highest BCUT2D eigenvalue weighted by Gasteiger charge is 2.26. The number of hydrogen-bond donors (Lipinski definition) is 2. The Bertz CT molecular complexity index is 905. The van der Waals surface area contributed by atoms with E-state index in [1.165, 1.54) is 0 Å². The van der Waals surface area contributed by atoms with Crippen molar-refractivity contribution in [3.63, 3.8) is 0 Å². The largest absolute Gasteiger partial charge is 0.396 e. The second-order valence-corrected chi connectivity index (χ2v) is 7.60. The van der Waals surface area contributed by atoms with Crippen LogP contribution in [-0.4, -0.2) is 32.6 Å². The van der Waals surface area contributed by atoms with Crippen molar-refractivity contribution in [2.45, 2.75) is 25.7 Å². The van der Waals surface area contributed by atoms with E-state index < -0.39 is 0 Å². The first-order valence-electron chi connectivity index (χ1n) is 8.80. The van der Waals surface area contributed by atoms with Crippen LogP contribution >= 0.6 is 11.3 Å². The summed E-state index contributed by atoms with van der Waals surface area (Å²) in [5.41, 5.74) is 3.45. The van der Waals surface area contributed by atoms with Gasteiger partial charge in [0, 0.05) is 36.4 Å². The van der Waals surface area contributed by atoms with Gasteiger partial charge in [-0.3, -0.25) is 9.78 Å². The number of aliphatic hydroxyl groups is 1. The van der Waals surface area contributed by atoms with Crippen LogP contribution in [0.1, 0.15) is 25.7 Å². The molecule has 3 heterocycles. The Morgan fingerprint density at radius 2 is 2.08 bits per heavy atom. The molecule has 0 spiro atoms. The quantitative estimate of drug-likeness (QED) is 0.736. The highest BCUT2D eigenvalue weighted by Crippen LogP contribution is 2.29. The molecular weight excluding hydrogens is 348 g/mol.